The van der Waals surface area contributed by atoms with Crippen LogP contribution in [0.5, 0.6) is 0 Å². The Morgan fingerprint density at radius 3 is 2.62 bits per heavy atom. The highest BCUT2D eigenvalue weighted by atomic mass is 35.5. The van der Waals surface area contributed by atoms with E-state index in [2.05, 4.69) is 28.2 Å². The molecule has 0 unspecified atom stereocenters. The van der Waals surface area contributed by atoms with Crippen LogP contribution in [0.1, 0.15) is 17.5 Å². The largest absolute Gasteiger partial charge is 0.329 e. The van der Waals surface area contributed by atoms with Crippen LogP contribution in [-0.2, 0) is 12.8 Å². The molecule has 0 aliphatic heterocycles. The minimum atomic E-state index is -0.247. The van der Waals surface area contributed by atoms with Crippen molar-refractivity contribution >= 4 is 35.3 Å². The fraction of sp³-hybridized carbons (Fsp3) is 0.188. The van der Waals surface area contributed by atoms with Gasteiger partial charge in [-0.1, -0.05) is 17.7 Å². The molecule has 0 saturated carbocycles. The van der Waals surface area contributed by atoms with Crippen molar-refractivity contribution in [2.75, 3.05) is 5.32 Å². The van der Waals surface area contributed by atoms with Crippen molar-refractivity contribution in [1.82, 2.24) is 4.72 Å². The lowest BCUT2D eigenvalue weighted by Gasteiger charge is -2.08. The van der Waals surface area contributed by atoms with E-state index in [0.29, 0.717) is 10.7 Å². The Labute approximate surface area is 133 Å². The summed E-state index contributed by atoms with van der Waals surface area (Å²) in [5, 5.41) is 3.41. The second kappa shape index (κ2) is 6.41. The number of nitrogens with one attached hydrogen (secondary N) is 2. The Morgan fingerprint density at radius 1 is 1.05 bits per heavy atom. The molecule has 0 heterocycles. The van der Waals surface area contributed by atoms with Gasteiger partial charge in [-0.05, 0) is 78.7 Å². The lowest BCUT2D eigenvalue weighted by molar-refractivity contribution is 0.257. The van der Waals surface area contributed by atoms with Crippen LogP contribution in [0.15, 0.2) is 47.4 Å². The summed E-state index contributed by atoms with van der Waals surface area (Å²) in [6.07, 6.45) is 3.54. The molecule has 3 nitrogen and oxygen atoms in total. The van der Waals surface area contributed by atoms with Crippen molar-refractivity contribution < 1.29 is 4.79 Å². The standard InChI is InChI=1S/C16H15ClN2OS/c17-13-5-7-14(8-6-13)18-16(20)19-21-15-9-4-11-2-1-3-12(11)10-15/h4-10H,1-3H2,(H2,18,19,20). The quantitative estimate of drug-likeness (QED) is 0.808. The molecular weight excluding hydrogens is 304 g/mol. The van der Waals surface area contributed by atoms with Crippen molar-refractivity contribution in [2.45, 2.75) is 24.2 Å². The van der Waals surface area contributed by atoms with Gasteiger partial charge < -0.3 is 5.32 Å². The number of fused-ring (bicyclic) bond motifs is 1. The van der Waals surface area contributed by atoms with E-state index in [0.717, 1.165) is 11.3 Å². The van der Waals surface area contributed by atoms with Gasteiger partial charge in [0.1, 0.15) is 0 Å². The van der Waals surface area contributed by atoms with Gasteiger partial charge in [0.15, 0.2) is 0 Å². The summed E-state index contributed by atoms with van der Waals surface area (Å²) in [6.45, 7) is 0. The molecule has 0 bridgehead atoms. The molecule has 1 aliphatic carbocycles. The average molecular weight is 319 g/mol. The first-order valence-corrected chi connectivity index (χ1v) is 8.01. The zero-order valence-electron chi connectivity index (χ0n) is 11.4. The molecule has 2 aromatic carbocycles. The van der Waals surface area contributed by atoms with Crippen LogP contribution in [0.4, 0.5) is 10.5 Å². The normalized spacial score (nSPS) is 12.8. The minimum Gasteiger partial charge on any atom is -0.307 e. The molecule has 2 amide bonds. The van der Waals surface area contributed by atoms with Crippen molar-refractivity contribution in [3.63, 3.8) is 0 Å². The molecule has 3 rings (SSSR count). The highest BCUT2D eigenvalue weighted by molar-refractivity contribution is 7.98. The number of aryl methyl sites for hydroxylation is 2. The van der Waals surface area contributed by atoms with Crippen LogP contribution in [0, 0.1) is 0 Å². The van der Waals surface area contributed by atoms with E-state index in [1.165, 1.54) is 35.9 Å². The highest BCUT2D eigenvalue weighted by Gasteiger charge is 2.11. The number of amides is 2. The summed E-state index contributed by atoms with van der Waals surface area (Å²) in [7, 11) is 0. The van der Waals surface area contributed by atoms with Crippen LogP contribution in [0.2, 0.25) is 5.02 Å². The third-order valence-corrected chi connectivity index (χ3v) is 4.46. The molecule has 0 atom stereocenters. The molecular formula is C16H15ClN2OS. The molecule has 1 aliphatic rings. The topological polar surface area (TPSA) is 41.1 Å². The third kappa shape index (κ3) is 3.71. The third-order valence-electron chi connectivity index (χ3n) is 3.43. The average Bonchev–Trinajstić information content (AvgIpc) is 2.95. The van der Waals surface area contributed by atoms with Crippen LogP contribution in [-0.4, -0.2) is 6.03 Å². The Morgan fingerprint density at radius 2 is 1.81 bits per heavy atom. The SMILES string of the molecule is O=C(NSc1ccc2c(c1)CCC2)Nc1ccc(Cl)cc1. The fourth-order valence-electron chi connectivity index (χ4n) is 2.41. The maximum absolute atomic E-state index is 11.8. The van der Waals surface area contributed by atoms with E-state index in [1.54, 1.807) is 24.3 Å². The number of urea groups is 1. The molecule has 0 fully saturated rings. The zero-order valence-corrected chi connectivity index (χ0v) is 12.9. The summed E-state index contributed by atoms with van der Waals surface area (Å²) in [5.41, 5.74) is 3.55. The summed E-state index contributed by atoms with van der Waals surface area (Å²) >= 11 is 7.13. The van der Waals surface area contributed by atoms with E-state index in [4.69, 9.17) is 11.6 Å². The van der Waals surface area contributed by atoms with Crippen molar-refractivity contribution in [1.29, 1.82) is 0 Å². The first kappa shape index (κ1) is 14.3. The van der Waals surface area contributed by atoms with E-state index in [1.807, 2.05) is 0 Å². The van der Waals surface area contributed by atoms with E-state index in [-0.39, 0.29) is 6.03 Å². The Hall–Kier alpha value is -1.65. The first-order valence-electron chi connectivity index (χ1n) is 6.82. The van der Waals surface area contributed by atoms with E-state index < -0.39 is 0 Å². The molecule has 2 aromatic rings. The van der Waals surface area contributed by atoms with Gasteiger partial charge in [0.25, 0.3) is 0 Å². The van der Waals surface area contributed by atoms with Gasteiger partial charge in [-0.15, -0.1) is 0 Å². The van der Waals surface area contributed by atoms with E-state index in [9.17, 15) is 4.79 Å². The molecule has 0 radical (unpaired) electrons. The molecule has 108 valence electrons. The molecule has 21 heavy (non-hydrogen) atoms. The number of carbonyl (C=O) groups excluding carboxylic acids is 1. The van der Waals surface area contributed by atoms with Gasteiger partial charge in [0.2, 0.25) is 0 Å². The maximum Gasteiger partial charge on any atom is 0.329 e. The predicted molar refractivity (Wildman–Crippen MR) is 87.9 cm³/mol. The number of carbonyl (C=O) groups is 1. The maximum atomic E-state index is 11.8. The fourth-order valence-corrected chi connectivity index (χ4v) is 3.13. The van der Waals surface area contributed by atoms with Gasteiger partial charge in [-0.2, -0.15) is 0 Å². The monoisotopic (exact) mass is 318 g/mol. The summed E-state index contributed by atoms with van der Waals surface area (Å²) in [5.74, 6) is 0. The number of halogens is 1. The molecule has 0 aromatic heterocycles. The molecule has 2 N–H and O–H groups in total. The second-order valence-corrected chi connectivity index (χ2v) is 6.27. The van der Waals surface area contributed by atoms with Crippen molar-refractivity contribution in [3.05, 3.63) is 58.6 Å². The Kier molecular flexibility index (Phi) is 4.36. The summed E-state index contributed by atoms with van der Waals surface area (Å²) in [6, 6.07) is 13.1. The van der Waals surface area contributed by atoms with Crippen LogP contribution >= 0.6 is 23.5 Å². The smallest absolute Gasteiger partial charge is 0.307 e. The summed E-state index contributed by atoms with van der Waals surface area (Å²) < 4.78 is 2.79. The number of hydrogen-bond donors (Lipinski definition) is 2. The number of rotatable bonds is 3. The van der Waals surface area contributed by atoms with Gasteiger partial charge in [-0.3, -0.25) is 4.72 Å². The number of benzene rings is 2. The van der Waals surface area contributed by atoms with Gasteiger partial charge in [0.05, 0.1) is 0 Å². The number of anilines is 1. The van der Waals surface area contributed by atoms with Crippen molar-refractivity contribution in [3.8, 4) is 0 Å². The predicted octanol–water partition coefficient (Wildman–Crippen LogP) is 4.66. The lowest BCUT2D eigenvalue weighted by atomic mass is 10.1. The highest BCUT2D eigenvalue weighted by Crippen LogP contribution is 2.26. The Balaban J connectivity index is 1.55. The van der Waals surface area contributed by atoms with Crippen molar-refractivity contribution in [2.24, 2.45) is 0 Å². The van der Waals surface area contributed by atoms with Gasteiger partial charge in [-0.25, -0.2) is 4.79 Å². The molecule has 5 heteroatoms. The van der Waals surface area contributed by atoms with Crippen LogP contribution < -0.4 is 10.0 Å². The number of hydrogen-bond acceptors (Lipinski definition) is 2. The molecule has 0 spiro atoms. The zero-order chi connectivity index (χ0) is 14.7. The molecule has 0 saturated heterocycles. The minimum absolute atomic E-state index is 0.247. The van der Waals surface area contributed by atoms with Gasteiger partial charge in [0, 0.05) is 15.6 Å². The van der Waals surface area contributed by atoms with Crippen LogP contribution in [0.25, 0.3) is 0 Å². The summed E-state index contributed by atoms with van der Waals surface area (Å²) in [4.78, 5) is 12.9. The lowest BCUT2D eigenvalue weighted by Crippen LogP contribution is -2.22. The van der Waals surface area contributed by atoms with E-state index >= 15 is 0 Å². The van der Waals surface area contributed by atoms with Gasteiger partial charge >= 0.3 is 6.03 Å². The van der Waals surface area contributed by atoms with Crippen LogP contribution in [0.3, 0.4) is 0 Å². The Bertz CT molecular complexity index is 658. The first-order chi connectivity index (χ1) is 10.2. The second-order valence-electron chi connectivity index (χ2n) is 4.95.